The van der Waals surface area contributed by atoms with E-state index in [0.29, 0.717) is 5.69 Å². The minimum absolute atomic E-state index is 0.00171. The SMILES string of the molecule is C[C@@H](c1cccs1)N(C)C(=O)Cn1cc(NC(=O)CCOc2ccccc2)cn1. The van der Waals surface area contributed by atoms with Gasteiger partial charge in [-0.25, -0.2) is 0 Å². The normalized spacial score (nSPS) is 11.7. The van der Waals surface area contributed by atoms with Crippen LogP contribution in [-0.2, 0) is 16.1 Å². The molecule has 2 aromatic heterocycles. The standard InChI is InChI=1S/C21H24N4O3S/c1-16(19-9-6-12-29-19)24(2)21(27)15-25-14-17(13-22-25)23-20(26)10-11-28-18-7-4-3-5-8-18/h3-9,12-14,16H,10-11,15H2,1-2H3,(H,23,26)/t16-/m0/s1. The van der Waals surface area contributed by atoms with Gasteiger partial charge in [0.15, 0.2) is 0 Å². The Kier molecular flexibility index (Phi) is 7.02. The van der Waals surface area contributed by atoms with E-state index in [1.165, 1.54) is 10.9 Å². The Bertz CT molecular complexity index is 925. The molecule has 3 rings (SSSR count). The van der Waals surface area contributed by atoms with E-state index in [-0.39, 0.29) is 37.4 Å². The summed E-state index contributed by atoms with van der Waals surface area (Å²) in [4.78, 5) is 27.4. The average Bonchev–Trinajstić information content (AvgIpc) is 3.40. The van der Waals surface area contributed by atoms with Gasteiger partial charge in [-0.1, -0.05) is 24.3 Å². The summed E-state index contributed by atoms with van der Waals surface area (Å²) in [7, 11) is 1.78. The summed E-state index contributed by atoms with van der Waals surface area (Å²) in [6.45, 7) is 2.39. The van der Waals surface area contributed by atoms with E-state index >= 15 is 0 Å². The predicted octanol–water partition coefficient (Wildman–Crippen LogP) is 3.57. The van der Waals surface area contributed by atoms with Crippen molar-refractivity contribution in [1.82, 2.24) is 14.7 Å². The third kappa shape index (κ3) is 5.92. The van der Waals surface area contributed by atoms with Crippen LogP contribution < -0.4 is 10.1 Å². The van der Waals surface area contributed by atoms with E-state index in [0.717, 1.165) is 10.6 Å². The number of para-hydroxylation sites is 1. The van der Waals surface area contributed by atoms with Crippen molar-refractivity contribution < 1.29 is 14.3 Å². The Morgan fingerprint density at radius 2 is 2.03 bits per heavy atom. The number of rotatable bonds is 9. The molecule has 0 aliphatic heterocycles. The third-order valence-electron chi connectivity index (χ3n) is 4.48. The van der Waals surface area contributed by atoms with Crippen molar-refractivity contribution in [2.45, 2.75) is 25.9 Å². The molecule has 0 fully saturated rings. The lowest BCUT2D eigenvalue weighted by molar-refractivity contribution is -0.132. The molecule has 7 nitrogen and oxygen atoms in total. The number of likely N-dealkylation sites (N-methyl/N-ethyl adjacent to an activating group) is 1. The molecule has 8 heteroatoms. The third-order valence-corrected chi connectivity index (χ3v) is 5.53. The monoisotopic (exact) mass is 412 g/mol. The lowest BCUT2D eigenvalue weighted by Crippen LogP contribution is -2.32. The van der Waals surface area contributed by atoms with Crippen LogP contribution in [0.3, 0.4) is 0 Å². The first-order valence-electron chi connectivity index (χ1n) is 9.32. The highest BCUT2D eigenvalue weighted by Crippen LogP contribution is 2.23. The molecule has 0 bridgehead atoms. The van der Waals surface area contributed by atoms with E-state index in [9.17, 15) is 9.59 Å². The van der Waals surface area contributed by atoms with Crippen molar-refractivity contribution in [3.8, 4) is 5.75 Å². The van der Waals surface area contributed by atoms with E-state index in [2.05, 4.69) is 10.4 Å². The summed E-state index contributed by atoms with van der Waals surface area (Å²) in [5.41, 5.74) is 0.552. The Labute approximate surface area is 173 Å². The van der Waals surface area contributed by atoms with Crippen LogP contribution in [0.15, 0.2) is 60.2 Å². The first kappa shape index (κ1) is 20.6. The number of benzene rings is 1. The zero-order chi connectivity index (χ0) is 20.6. The van der Waals surface area contributed by atoms with Gasteiger partial charge >= 0.3 is 0 Å². The van der Waals surface area contributed by atoms with Crippen molar-refractivity contribution in [2.24, 2.45) is 0 Å². The number of hydrogen-bond acceptors (Lipinski definition) is 5. The summed E-state index contributed by atoms with van der Waals surface area (Å²) >= 11 is 1.62. The number of aromatic nitrogens is 2. The predicted molar refractivity (Wildman–Crippen MR) is 113 cm³/mol. The maximum Gasteiger partial charge on any atom is 0.244 e. The molecule has 1 atom stereocenters. The second-order valence-corrected chi connectivity index (χ2v) is 7.56. The maximum absolute atomic E-state index is 12.5. The Morgan fingerprint density at radius 3 is 2.76 bits per heavy atom. The molecule has 152 valence electrons. The first-order valence-corrected chi connectivity index (χ1v) is 10.2. The van der Waals surface area contributed by atoms with Crippen molar-refractivity contribution >= 4 is 28.8 Å². The molecule has 2 heterocycles. The highest BCUT2D eigenvalue weighted by molar-refractivity contribution is 7.10. The summed E-state index contributed by atoms with van der Waals surface area (Å²) in [5, 5.41) is 8.94. The summed E-state index contributed by atoms with van der Waals surface area (Å²) in [6.07, 6.45) is 3.41. The fourth-order valence-corrected chi connectivity index (χ4v) is 3.53. The number of carbonyl (C=O) groups excluding carboxylic acids is 2. The largest absolute Gasteiger partial charge is 0.493 e. The molecule has 0 spiro atoms. The number of anilines is 1. The minimum atomic E-state index is -0.171. The highest BCUT2D eigenvalue weighted by Gasteiger charge is 2.18. The van der Waals surface area contributed by atoms with Crippen LogP contribution >= 0.6 is 11.3 Å². The number of thiophene rings is 1. The fraction of sp³-hybridized carbons (Fsp3) is 0.286. The summed E-state index contributed by atoms with van der Waals surface area (Å²) in [6, 6.07) is 13.3. The van der Waals surface area contributed by atoms with Gasteiger partial charge in [-0.2, -0.15) is 5.10 Å². The van der Waals surface area contributed by atoms with E-state index in [1.807, 2.05) is 54.8 Å². The number of nitrogens with zero attached hydrogens (tertiary/aromatic N) is 3. The number of amides is 2. The van der Waals surface area contributed by atoms with E-state index < -0.39 is 0 Å². The molecule has 1 aromatic carbocycles. The minimum Gasteiger partial charge on any atom is -0.493 e. The molecule has 29 heavy (non-hydrogen) atoms. The summed E-state index contributed by atoms with van der Waals surface area (Å²) in [5.74, 6) is 0.505. The van der Waals surface area contributed by atoms with Gasteiger partial charge in [0.25, 0.3) is 0 Å². The van der Waals surface area contributed by atoms with Gasteiger partial charge in [0.05, 0.1) is 31.0 Å². The maximum atomic E-state index is 12.5. The highest BCUT2D eigenvalue weighted by atomic mass is 32.1. The molecule has 3 aromatic rings. The van der Waals surface area contributed by atoms with Gasteiger partial charge in [0.1, 0.15) is 12.3 Å². The molecular weight excluding hydrogens is 388 g/mol. The van der Waals surface area contributed by atoms with Crippen molar-refractivity contribution in [3.05, 3.63) is 65.1 Å². The zero-order valence-electron chi connectivity index (χ0n) is 16.4. The van der Waals surface area contributed by atoms with Gasteiger partial charge < -0.3 is 15.0 Å². The molecular formula is C21H24N4O3S. The molecule has 0 aliphatic rings. The summed E-state index contributed by atoms with van der Waals surface area (Å²) < 4.78 is 7.04. The van der Waals surface area contributed by atoms with Gasteiger partial charge in [0.2, 0.25) is 11.8 Å². The Morgan fingerprint density at radius 1 is 1.24 bits per heavy atom. The van der Waals surface area contributed by atoms with Gasteiger partial charge in [-0.15, -0.1) is 11.3 Å². The average molecular weight is 413 g/mol. The number of ether oxygens (including phenoxy) is 1. The lowest BCUT2D eigenvalue weighted by atomic mass is 10.2. The molecule has 0 saturated heterocycles. The Balaban J connectivity index is 1.45. The van der Waals surface area contributed by atoms with Crippen LogP contribution in [0.1, 0.15) is 24.3 Å². The van der Waals surface area contributed by atoms with Crippen LogP contribution in [0.25, 0.3) is 0 Å². The molecule has 0 saturated carbocycles. The number of hydrogen-bond donors (Lipinski definition) is 1. The van der Waals surface area contributed by atoms with Crippen molar-refractivity contribution in [2.75, 3.05) is 19.0 Å². The molecule has 0 unspecified atom stereocenters. The molecule has 2 amide bonds. The first-order chi connectivity index (χ1) is 14.0. The van der Waals surface area contributed by atoms with Crippen LogP contribution in [0, 0.1) is 0 Å². The number of nitrogens with one attached hydrogen (secondary N) is 1. The van der Waals surface area contributed by atoms with Crippen LogP contribution in [-0.4, -0.2) is 40.1 Å². The molecule has 1 N–H and O–H groups in total. The van der Waals surface area contributed by atoms with Crippen LogP contribution in [0.2, 0.25) is 0 Å². The van der Waals surface area contributed by atoms with Crippen LogP contribution in [0.4, 0.5) is 5.69 Å². The zero-order valence-corrected chi connectivity index (χ0v) is 17.3. The van der Waals surface area contributed by atoms with Crippen molar-refractivity contribution in [1.29, 1.82) is 0 Å². The fourth-order valence-electron chi connectivity index (χ4n) is 2.70. The lowest BCUT2D eigenvalue weighted by Gasteiger charge is -2.24. The second-order valence-electron chi connectivity index (χ2n) is 6.58. The van der Waals surface area contributed by atoms with Crippen molar-refractivity contribution in [3.63, 3.8) is 0 Å². The smallest absolute Gasteiger partial charge is 0.244 e. The van der Waals surface area contributed by atoms with E-state index in [1.54, 1.807) is 29.5 Å². The van der Waals surface area contributed by atoms with E-state index in [4.69, 9.17) is 4.74 Å². The molecule has 0 aliphatic carbocycles. The van der Waals surface area contributed by atoms with Gasteiger partial charge in [-0.3, -0.25) is 14.3 Å². The van der Waals surface area contributed by atoms with Gasteiger partial charge in [0, 0.05) is 18.1 Å². The number of carbonyl (C=O) groups is 2. The Hall–Kier alpha value is -3.13. The van der Waals surface area contributed by atoms with Gasteiger partial charge in [-0.05, 0) is 30.5 Å². The topological polar surface area (TPSA) is 76.5 Å². The quantitative estimate of drug-likeness (QED) is 0.583. The second kappa shape index (κ2) is 9.88. The van der Waals surface area contributed by atoms with Crippen LogP contribution in [0.5, 0.6) is 5.75 Å². The molecule has 0 radical (unpaired) electrons.